The zero-order valence-electron chi connectivity index (χ0n) is 7.58. The van der Waals surface area contributed by atoms with Crippen LogP contribution in [0.25, 0.3) is 0 Å². The Bertz CT molecular complexity index is 186. The third-order valence-electron chi connectivity index (χ3n) is 1.18. The van der Waals surface area contributed by atoms with E-state index in [0.29, 0.717) is 19.6 Å². The highest BCUT2D eigenvalue weighted by atomic mass is 32.2. The monoisotopic (exact) mass is 196 g/mol. The van der Waals surface area contributed by atoms with Crippen LogP contribution in [0.15, 0.2) is 0 Å². The van der Waals surface area contributed by atoms with E-state index in [1.54, 1.807) is 0 Å². The molecule has 0 aromatic carbocycles. The Morgan fingerprint density at radius 2 is 1.75 bits per heavy atom. The molecule has 0 heterocycles. The van der Waals surface area contributed by atoms with Crippen LogP contribution in [0.4, 0.5) is 0 Å². The van der Waals surface area contributed by atoms with Gasteiger partial charge in [-0.3, -0.25) is 4.18 Å². The topological polar surface area (TPSA) is 52.6 Å². The molecule has 0 aliphatic heterocycles. The Morgan fingerprint density at radius 1 is 1.17 bits per heavy atom. The van der Waals surface area contributed by atoms with Crippen LogP contribution in [0.5, 0.6) is 0 Å². The Morgan fingerprint density at radius 3 is 2.25 bits per heavy atom. The quantitative estimate of drug-likeness (QED) is 0.446. The Labute approximate surface area is 74.0 Å². The average molecular weight is 196 g/mol. The fourth-order valence-corrected chi connectivity index (χ4v) is 1.08. The second-order valence-electron chi connectivity index (χ2n) is 2.43. The second-order valence-corrected chi connectivity index (χ2v) is 4.07. The zero-order chi connectivity index (χ0) is 9.45. The van der Waals surface area contributed by atoms with Crippen molar-refractivity contribution in [3.05, 3.63) is 0 Å². The first-order valence-corrected chi connectivity index (χ1v) is 5.80. The van der Waals surface area contributed by atoms with E-state index in [9.17, 15) is 8.42 Å². The molecule has 0 bridgehead atoms. The number of hydrogen-bond acceptors (Lipinski definition) is 4. The average Bonchev–Trinajstić information content (AvgIpc) is 1.94. The van der Waals surface area contributed by atoms with E-state index in [4.69, 9.17) is 4.74 Å². The lowest BCUT2D eigenvalue weighted by Gasteiger charge is -2.01. The minimum atomic E-state index is -3.26. The van der Waals surface area contributed by atoms with Gasteiger partial charge in [0.05, 0.1) is 12.9 Å². The van der Waals surface area contributed by atoms with E-state index < -0.39 is 10.1 Å². The van der Waals surface area contributed by atoms with Crippen LogP contribution in [-0.2, 0) is 19.0 Å². The second kappa shape index (κ2) is 6.39. The van der Waals surface area contributed by atoms with E-state index in [-0.39, 0.29) is 6.61 Å². The Balaban J connectivity index is 3.12. The summed E-state index contributed by atoms with van der Waals surface area (Å²) in [5.74, 6) is 0. The first-order valence-electron chi connectivity index (χ1n) is 3.98. The number of hydrogen-bond donors (Lipinski definition) is 0. The summed E-state index contributed by atoms with van der Waals surface area (Å²) in [6.45, 7) is 3.55. The highest BCUT2D eigenvalue weighted by Gasteiger charge is 1.99. The maximum absolute atomic E-state index is 10.5. The molecule has 0 unspecified atom stereocenters. The standard InChI is InChI=1S/C7H16O4S/c1-3-10-6-4-5-7-11-12(2,8)9/h3-7H2,1-2H3. The smallest absolute Gasteiger partial charge is 0.264 e. The predicted octanol–water partition coefficient (Wildman–Crippen LogP) is 0.779. The van der Waals surface area contributed by atoms with Crippen LogP contribution in [0, 0.1) is 0 Å². The maximum Gasteiger partial charge on any atom is 0.264 e. The van der Waals surface area contributed by atoms with Gasteiger partial charge in [-0.25, -0.2) is 0 Å². The molecular weight excluding hydrogens is 180 g/mol. The molecule has 0 amide bonds. The van der Waals surface area contributed by atoms with Gasteiger partial charge < -0.3 is 4.74 Å². The molecule has 4 nitrogen and oxygen atoms in total. The SMILES string of the molecule is CCOCCCCOS(C)(=O)=O. The van der Waals surface area contributed by atoms with Crippen LogP contribution in [0.1, 0.15) is 19.8 Å². The molecule has 0 aromatic rings. The third kappa shape index (κ3) is 9.87. The van der Waals surface area contributed by atoms with Crippen LogP contribution in [0.2, 0.25) is 0 Å². The van der Waals surface area contributed by atoms with Crippen molar-refractivity contribution >= 4 is 10.1 Å². The van der Waals surface area contributed by atoms with Gasteiger partial charge in [0.15, 0.2) is 0 Å². The molecule has 0 N–H and O–H groups in total. The van der Waals surface area contributed by atoms with Gasteiger partial charge in [-0.05, 0) is 19.8 Å². The summed E-state index contributed by atoms with van der Waals surface area (Å²) in [5.41, 5.74) is 0. The lowest BCUT2D eigenvalue weighted by atomic mass is 10.3. The zero-order valence-corrected chi connectivity index (χ0v) is 8.39. The molecule has 0 fully saturated rings. The molecule has 0 atom stereocenters. The lowest BCUT2D eigenvalue weighted by Crippen LogP contribution is -2.05. The first kappa shape index (κ1) is 11.9. The van der Waals surface area contributed by atoms with E-state index >= 15 is 0 Å². The number of unbranched alkanes of at least 4 members (excludes halogenated alkanes) is 1. The summed E-state index contributed by atoms with van der Waals surface area (Å²) in [5, 5.41) is 0. The Kier molecular flexibility index (Phi) is 6.32. The third-order valence-corrected chi connectivity index (χ3v) is 1.78. The van der Waals surface area contributed by atoms with Gasteiger partial charge in [-0.2, -0.15) is 8.42 Å². The van der Waals surface area contributed by atoms with Gasteiger partial charge in [0.2, 0.25) is 0 Å². The molecule has 0 aliphatic carbocycles. The Hall–Kier alpha value is -0.130. The van der Waals surface area contributed by atoms with Crippen LogP contribution in [0.3, 0.4) is 0 Å². The minimum absolute atomic E-state index is 0.256. The molecule has 0 radical (unpaired) electrons. The van der Waals surface area contributed by atoms with E-state index in [1.165, 1.54) is 0 Å². The van der Waals surface area contributed by atoms with Crippen molar-refractivity contribution in [2.75, 3.05) is 26.1 Å². The van der Waals surface area contributed by atoms with Crippen molar-refractivity contribution in [2.24, 2.45) is 0 Å². The van der Waals surface area contributed by atoms with Gasteiger partial charge in [0.25, 0.3) is 10.1 Å². The summed E-state index contributed by atoms with van der Waals surface area (Å²) in [4.78, 5) is 0. The molecule has 5 heteroatoms. The van der Waals surface area contributed by atoms with Gasteiger partial charge >= 0.3 is 0 Å². The van der Waals surface area contributed by atoms with Crippen LogP contribution in [-0.4, -0.2) is 34.5 Å². The molecule has 0 spiro atoms. The van der Waals surface area contributed by atoms with Gasteiger partial charge in [-0.1, -0.05) is 0 Å². The highest BCUT2D eigenvalue weighted by Crippen LogP contribution is 1.94. The fourth-order valence-electron chi connectivity index (χ4n) is 0.661. The van der Waals surface area contributed by atoms with Gasteiger partial charge in [0.1, 0.15) is 0 Å². The van der Waals surface area contributed by atoms with Crippen molar-refractivity contribution < 1.29 is 17.3 Å². The molecule has 0 rings (SSSR count). The minimum Gasteiger partial charge on any atom is -0.382 e. The van der Waals surface area contributed by atoms with E-state index in [0.717, 1.165) is 12.7 Å². The predicted molar refractivity (Wildman–Crippen MR) is 46.5 cm³/mol. The lowest BCUT2D eigenvalue weighted by molar-refractivity contribution is 0.139. The first-order chi connectivity index (χ1) is 5.56. The normalized spacial score (nSPS) is 11.8. The molecule has 0 saturated heterocycles. The number of ether oxygens (including phenoxy) is 1. The number of rotatable bonds is 7. The van der Waals surface area contributed by atoms with Crippen molar-refractivity contribution in [1.82, 2.24) is 0 Å². The maximum atomic E-state index is 10.5. The summed E-state index contributed by atoms with van der Waals surface area (Å²) in [6, 6.07) is 0. The summed E-state index contributed by atoms with van der Waals surface area (Å²) in [6.07, 6.45) is 2.60. The summed E-state index contributed by atoms with van der Waals surface area (Å²) in [7, 11) is -3.26. The van der Waals surface area contributed by atoms with Crippen molar-refractivity contribution in [2.45, 2.75) is 19.8 Å². The van der Waals surface area contributed by atoms with Crippen molar-refractivity contribution in [3.63, 3.8) is 0 Å². The van der Waals surface area contributed by atoms with Crippen LogP contribution < -0.4 is 0 Å². The van der Waals surface area contributed by atoms with E-state index in [2.05, 4.69) is 4.18 Å². The highest BCUT2D eigenvalue weighted by molar-refractivity contribution is 7.85. The van der Waals surface area contributed by atoms with E-state index in [1.807, 2.05) is 6.92 Å². The largest absolute Gasteiger partial charge is 0.382 e. The summed E-state index contributed by atoms with van der Waals surface area (Å²) < 4.78 is 30.5. The molecular formula is C7H16O4S. The molecule has 0 saturated carbocycles. The van der Waals surface area contributed by atoms with Crippen molar-refractivity contribution in [1.29, 1.82) is 0 Å². The van der Waals surface area contributed by atoms with Gasteiger partial charge in [0, 0.05) is 13.2 Å². The molecule has 0 aliphatic rings. The molecule has 0 aromatic heterocycles. The van der Waals surface area contributed by atoms with Gasteiger partial charge in [-0.15, -0.1) is 0 Å². The summed E-state index contributed by atoms with van der Waals surface area (Å²) >= 11 is 0. The van der Waals surface area contributed by atoms with Crippen molar-refractivity contribution in [3.8, 4) is 0 Å². The molecule has 74 valence electrons. The molecule has 12 heavy (non-hydrogen) atoms. The fraction of sp³-hybridized carbons (Fsp3) is 1.00. The van der Waals surface area contributed by atoms with Crippen LogP contribution >= 0.6 is 0 Å².